The predicted molar refractivity (Wildman–Crippen MR) is 96.8 cm³/mol. The molecule has 1 amide bonds. The fraction of sp³-hybridized carbons (Fsp3) is 0.143. The molecule has 9 heteroatoms. The lowest BCUT2D eigenvalue weighted by Crippen LogP contribution is -2.17. The van der Waals surface area contributed by atoms with Crippen LogP contribution in [0.1, 0.15) is 10.6 Å². The van der Waals surface area contributed by atoms with E-state index in [1.54, 1.807) is 18.5 Å². The lowest BCUT2D eigenvalue weighted by Gasteiger charge is -2.00. The molecule has 7 nitrogen and oxygen atoms in total. The van der Waals surface area contributed by atoms with Crippen LogP contribution in [0.3, 0.4) is 0 Å². The van der Waals surface area contributed by atoms with Crippen molar-refractivity contribution in [2.75, 3.05) is 11.6 Å². The van der Waals surface area contributed by atoms with Gasteiger partial charge in [0.15, 0.2) is 5.13 Å². The van der Waals surface area contributed by atoms with Gasteiger partial charge in [0.1, 0.15) is 6.33 Å². The number of carbonyl (C=O) groups is 1. The molecule has 0 bridgehead atoms. The Morgan fingerprint density at radius 1 is 1.61 bits per heavy atom. The van der Waals surface area contributed by atoms with Crippen LogP contribution in [-0.4, -0.2) is 33.0 Å². The van der Waals surface area contributed by atoms with E-state index in [-0.39, 0.29) is 6.03 Å². The molecule has 2 aromatic heterocycles. The van der Waals surface area contributed by atoms with Crippen molar-refractivity contribution < 1.29 is 4.79 Å². The number of thioether (sulfide) groups is 1. The molecule has 0 aromatic carbocycles. The molecule has 0 fully saturated rings. The minimum atomic E-state index is -0.330. The van der Waals surface area contributed by atoms with Crippen molar-refractivity contribution in [1.82, 2.24) is 14.5 Å². The van der Waals surface area contributed by atoms with Crippen LogP contribution < -0.4 is 11.1 Å². The summed E-state index contributed by atoms with van der Waals surface area (Å²) < 4.78 is 1.33. The molecule has 0 unspecified atom stereocenters. The van der Waals surface area contributed by atoms with Gasteiger partial charge in [0, 0.05) is 18.6 Å². The third-order valence-corrected chi connectivity index (χ3v) is 4.42. The SMILES string of the molecule is C=C(N=C/C=C(\N)c1sc(NC(=O)n2ccnc2)nc1C)SC. The average Bonchev–Trinajstić information content (AvgIpc) is 3.16. The molecule has 0 aliphatic heterocycles. The maximum Gasteiger partial charge on any atom is 0.333 e. The fourth-order valence-electron chi connectivity index (χ4n) is 1.58. The highest BCUT2D eigenvalue weighted by Gasteiger charge is 2.12. The Bertz CT molecular complexity index is 760. The van der Waals surface area contributed by atoms with Crippen molar-refractivity contribution in [2.45, 2.75) is 6.92 Å². The summed E-state index contributed by atoms with van der Waals surface area (Å²) in [6, 6.07) is -0.330. The number of nitrogens with one attached hydrogen (secondary N) is 1. The van der Waals surface area contributed by atoms with Gasteiger partial charge in [0.05, 0.1) is 21.3 Å². The van der Waals surface area contributed by atoms with E-state index in [2.05, 4.69) is 26.9 Å². The number of aromatic nitrogens is 3. The Hall–Kier alpha value is -2.39. The lowest BCUT2D eigenvalue weighted by molar-refractivity contribution is 0.253. The van der Waals surface area contributed by atoms with E-state index in [4.69, 9.17) is 5.73 Å². The molecule has 120 valence electrons. The number of aliphatic imine (C=N–C) groups is 1. The number of nitrogens with zero attached hydrogens (tertiary/aromatic N) is 4. The van der Waals surface area contributed by atoms with Gasteiger partial charge < -0.3 is 5.73 Å². The molecule has 2 rings (SSSR count). The van der Waals surface area contributed by atoms with Crippen molar-refractivity contribution in [3.05, 3.63) is 47.0 Å². The number of allylic oxidation sites excluding steroid dienone is 1. The number of carbonyl (C=O) groups excluding carboxylic acids is 1. The van der Waals surface area contributed by atoms with Crippen molar-refractivity contribution in [2.24, 2.45) is 10.7 Å². The van der Waals surface area contributed by atoms with Gasteiger partial charge in [-0.2, -0.15) is 0 Å². The first-order chi connectivity index (χ1) is 11.0. The molecule has 2 aromatic rings. The van der Waals surface area contributed by atoms with Crippen molar-refractivity contribution in [3.63, 3.8) is 0 Å². The number of imidazole rings is 1. The number of hydrogen-bond donors (Lipinski definition) is 2. The average molecular weight is 348 g/mol. The molecule has 3 N–H and O–H groups in total. The summed E-state index contributed by atoms with van der Waals surface area (Å²) in [5, 5.41) is 3.87. The Labute approximate surface area is 142 Å². The second kappa shape index (κ2) is 7.75. The number of nitrogens with two attached hydrogens (primary N) is 1. The third-order valence-electron chi connectivity index (χ3n) is 2.72. The number of amides is 1. The van der Waals surface area contributed by atoms with Gasteiger partial charge in [-0.05, 0) is 19.3 Å². The number of thiazole rings is 1. The Kier molecular flexibility index (Phi) is 5.72. The molecule has 0 saturated carbocycles. The van der Waals surface area contributed by atoms with Gasteiger partial charge in [0.25, 0.3) is 0 Å². The van der Waals surface area contributed by atoms with Crippen molar-refractivity contribution in [3.8, 4) is 0 Å². The monoisotopic (exact) mass is 348 g/mol. The van der Waals surface area contributed by atoms with E-state index < -0.39 is 0 Å². The topological polar surface area (TPSA) is 98.2 Å². The number of rotatable bonds is 5. The second-order valence-corrected chi connectivity index (χ2v) is 6.21. The molecule has 0 saturated heterocycles. The zero-order valence-corrected chi connectivity index (χ0v) is 14.3. The van der Waals surface area contributed by atoms with E-state index >= 15 is 0 Å². The Morgan fingerprint density at radius 2 is 2.39 bits per heavy atom. The maximum atomic E-state index is 11.9. The van der Waals surface area contributed by atoms with E-state index in [1.807, 2.05) is 13.2 Å². The van der Waals surface area contributed by atoms with Gasteiger partial charge in [-0.1, -0.05) is 17.9 Å². The van der Waals surface area contributed by atoms with Crippen LogP contribution in [0.5, 0.6) is 0 Å². The minimum absolute atomic E-state index is 0.330. The third kappa shape index (κ3) is 4.54. The summed E-state index contributed by atoms with van der Waals surface area (Å²) >= 11 is 2.76. The molecule has 0 spiro atoms. The quantitative estimate of drug-likeness (QED) is 0.810. The van der Waals surface area contributed by atoms with Gasteiger partial charge in [0.2, 0.25) is 0 Å². The standard InChI is InChI=1S/C14H16N6OS2/c1-9-12(11(15)4-5-17-10(2)22-3)23-13(18-9)19-14(21)20-7-6-16-8-20/h4-8H,2,15H2,1,3H3,(H,18,19,21)/b11-4-,17-5?. The molecular formula is C14H16N6OS2. The molecular weight excluding hydrogens is 332 g/mol. The summed E-state index contributed by atoms with van der Waals surface area (Å²) in [4.78, 5) is 25.0. The molecule has 0 aliphatic carbocycles. The van der Waals surface area contributed by atoms with Crippen LogP contribution in [0.4, 0.5) is 9.93 Å². The minimum Gasteiger partial charge on any atom is -0.397 e. The fourth-order valence-corrected chi connectivity index (χ4v) is 2.64. The smallest absolute Gasteiger partial charge is 0.333 e. The highest BCUT2D eigenvalue weighted by molar-refractivity contribution is 8.02. The van der Waals surface area contributed by atoms with E-state index in [9.17, 15) is 4.79 Å². The van der Waals surface area contributed by atoms with Gasteiger partial charge in [-0.15, -0.1) is 11.8 Å². The maximum absolute atomic E-state index is 11.9. The molecule has 0 aliphatic rings. The molecule has 23 heavy (non-hydrogen) atoms. The van der Waals surface area contributed by atoms with Crippen LogP contribution in [0.15, 0.2) is 41.4 Å². The van der Waals surface area contributed by atoms with E-state index in [1.165, 1.54) is 40.2 Å². The van der Waals surface area contributed by atoms with Gasteiger partial charge >= 0.3 is 6.03 Å². The summed E-state index contributed by atoms with van der Waals surface area (Å²) in [5.41, 5.74) is 7.30. The normalized spacial score (nSPS) is 11.8. The molecule has 0 atom stereocenters. The number of anilines is 1. The van der Waals surface area contributed by atoms with E-state index in [0.29, 0.717) is 15.9 Å². The number of aryl methyl sites for hydroxylation is 1. The van der Waals surface area contributed by atoms with E-state index in [0.717, 1.165) is 10.6 Å². The largest absolute Gasteiger partial charge is 0.397 e. The summed E-state index contributed by atoms with van der Waals surface area (Å²) in [5.74, 6) is 0. The van der Waals surface area contributed by atoms with Crippen molar-refractivity contribution in [1.29, 1.82) is 0 Å². The Morgan fingerprint density at radius 3 is 3.04 bits per heavy atom. The van der Waals surface area contributed by atoms with Crippen molar-refractivity contribution >= 4 is 46.2 Å². The van der Waals surface area contributed by atoms with Crippen LogP contribution in [0.25, 0.3) is 5.70 Å². The van der Waals surface area contributed by atoms with Gasteiger partial charge in [-0.25, -0.2) is 14.8 Å². The summed E-state index contributed by atoms with van der Waals surface area (Å²) in [7, 11) is 0. The van der Waals surface area contributed by atoms with Crippen LogP contribution in [0, 0.1) is 6.92 Å². The summed E-state index contributed by atoms with van der Waals surface area (Å²) in [6.45, 7) is 5.58. The summed E-state index contributed by atoms with van der Waals surface area (Å²) in [6.07, 6.45) is 9.68. The Balaban J connectivity index is 2.11. The second-order valence-electron chi connectivity index (χ2n) is 4.33. The number of hydrogen-bond acceptors (Lipinski definition) is 7. The first-order valence-corrected chi connectivity index (χ1v) is 8.55. The zero-order chi connectivity index (χ0) is 16.8. The molecule has 0 radical (unpaired) electrons. The first kappa shape index (κ1) is 17.0. The van der Waals surface area contributed by atoms with Crippen LogP contribution >= 0.6 is 23.1 Å². The van der Waals surface area contributed by atoms with Gasteiger partial charge in [-0.3, -0.25) is 14.9 Å². The zero-order valence-electron chi connectivity index (χ0n) is 12.7. The first-order valence-electron chi connectivity index (χ1n) is 6.51. The lowest BCUT2D eigenvalue weighted by atomic mass is 10.3. The van der Waals surface area contributed by atoms with Crippen LogP contribution in [0.2, 0.25) is 0 Å². The molecule has 2 heterocycles. The highest BCUT2D eigenvalue weighted by atomic mass is 32.2. The van der Waals surface area contributed by atoms with Crippen LogP contribution in [-0.2, 0) is 0 Å². The predicted octanol–water partition coefficient (Wildman–Crippen LogP) is 2.93. The highest BCUT2D eigenvalue weighted by Crippen LogP contribution is 2.26.